The van der Waals surface area contributed by atoms with Gasteiger partial charge in [-0.1, -0.05) is 83.0 Å². The number of nitrogens with two attached hydrogens (primary N) is 1. The summed E-state index contributed by atoms with van der Waals surface area (Å²) in [5, 5.41) is 16.6. The van der Waals surface area contributed by atoms with E-state index in [1.165, 1.54) is 37.7 Å². The third-order valence-electron chi connectivity index (χ3n) is 7.45. The van der Waals surface area contributed by atoms with Crippen LogP contribution in [-0.2, 0) is 21.0 Å². The first-order valence-electron chi connectivity index (χ1n) is 14.6. The molecule has 4 atom stereocenters. The molecular formula is C32H48N4O5. The minimum atomic E-state index is -0.869. The molecule has 0 spiro atoms. The van der Waals surface area contributed by atoms with Crippen molar-refractivity contribution >= 4 is 17.5 Å². The summed E-state index contributed by atoms with van der Waals surface area (Å²) in [6.45, 7) is 12.3. The number of rotatable bonds is 8. The third-order valence-corrected chi connectivity index (χ3v) is 7.45. The van der Waals surface area contributed by atoms with E-state index >= 15 is 0 Å². The van der Waals surface area contributed by atoms with Crippen molar-refractivity contribution < 1.29 is 19.5 Å². The number of hydrogen-bond acceptors (Lipinski definition) is 7. The summed E-state index contributed by atoms with van der Waals surface area (Å²) in [6.07, 6.45) is 5.07. The molecule has 0 radical (unpaired) electrons. The van der Waals surface area contributed by atoms with Crippen LogP contribution >= 0.6 is 0 Å². The first-order chi connectivity index (χ1) is 19.5. The molecule has 9 nitrogen and oxygen atoms in total. The number of nitrogens with one attached hydrogen (secondary N) is 1. The summed E-state index contributed by atoms with van der Waals surface area (Å²) in [7, 11) is 0. The van der Waals surface area contributed by atoms with Crippen molar-refractivity contribution in [2.45, 2.75) is 85.9 Å². The van der Waals surface area contributed by atoms with Crippen LogP contribution in [-0.4, -0.2) is 47.3 Å². The molecule has 1 saturated heterocycles. The van der Waals surface area contributed by atoms with Gasteiger partial charge in [-0.3, -0.25) is 14.4 Å². The summed E-state index contributed by atoms with van der Waals surface area (Å²) in [6, 6.07) is 14.2. The number of aliphatic hydroxyl groups is 1. The molecule has 4 N–H and O–H groups in total. The highest BCUT2D eigenvalue weighted by molar-refractivity contribution is 5.89. The van der Waals surface area contributed by atoms with Gasteiger partial charge in [0.05, 0.1) is 19.7 Å². The van der Waals surface area contributed by atoms with Gasteiger partial charge in [0.1, 0.15) is 12.1 Å². The first kappa shape index (κ1) is 34.1. The highest BCUT2D eigenvalue weighted by Gasteiger charge is 2.46. The van der Waals surface area contributed by atoms with Crippen molar-refractivity contribution in [1.82, 2.24) is 5.06 Å². The normalized spacial score (nSPS) is 23.3. The van der Waals surface area contributed by atoms with Crippen LogP contribution in [0.25, 0.3) is 11.1 Å². The molecule has 1 aliphatic carbocycles. The van der Waals surface area contributed by atoms with Crippen molar-refractivity contribution in [1.29, 1.82) is 0 Å². The first-order valence-corrected chi connectivity index (χ1v) is 14.6. The number of hydroxylamine groups is 2. The van der Waals surface area contributed by atoms with Crippen LogP contribution in [0.4, 0.5) is 5.69 Å². The van der Waals surface area contributed by atoms with E-state index in [-0.39, 0.29) is 25.6 Å². The fourth-order valence-corrected chi connectivity index (χ4v) is 5.78. The van der Waals surface area contributed by atoms with Crippen molar-refractivity contribution in [2.24, 2.45) is 28.2 Å². The molecule has 4 rings (SSSR count). The van der Waals surface area contributed by atoms with Gasteiger partial charge in [-0.25, -0.2) is 0 Å². The zero-order chi connectivity index (χ0) is 30.6. The van der Waals surface area contributed by atoms with Gasteiger partial charge < -0.3 is 16.2 Å². The lowest BCUT2D eigenvalue weighted by Gasteiger charge is -2.33. The van der Waals surface area contributed by atoms with Gasteiger partial charge in [-0.15, -0.1) is 0 Å². The summed E-state index contributed by atoms with van der Waals surface area (Å²) in [4.78, 5) is 39.8. The number of benzene rings is 2. The van der Waals surface area contributed by atoms with E-state index in [1.54, 1.807) is 6.07 Å². The molecule has 41 heavy (non-hydrogen) atoms. The van der Waals surface area contributed by atoms with Crippen LogP contribution in [0.15, 0.2) is 53.7 Å². The Morgan fingerprint density at radius 1 is 1.15 bits per heavy atom. The number of anilines is 1. The van der Waals surface area contributed by atoms with Crippen LogP contribution in [0.2, 0.25) is 0 Å². The average molecular weight is 569 g/mol. The zero-order valence-electron chi connectivity index (χ0n) is 25.4. The number of hydrogen-bond donors (Lipinski definition) is 3. The number of nitrogens with zero attached hydrogens (tertiary/aromatic N) is 2. The maximum absolute atomic E-state index is 12.0. The van der Waals surface area contributed by atoms with E-state index in [2.05, 4.69) is 31.3 Å². The molecule has 1 saturated carbocycles. The van der Waals surface area contributed by atoms with Gasteiger partial charge in [0.25, 0.3) is 0 Å². The Labute approximate surface area is 244 Å². The minimum absolute atomic E-state index is 0.151. The topological polar surface area (TPSA) is 134 Å². The number of carbonyl (C=O) groups is 2. The third kappa shape index (κ3) is 10.3. The molecule has 0 bridgehead atoms. The van der Waals surface area contributed by atoms with Gasteiger partial charge in [-0.05, 0) is 59.1 Å². The maximum atomic E-state index is 12.0. The average Bonchev–Trinajstić information content (AvgIpc) is 3.26. The van der Waals surface area contributed by atoms with Gasteiger partial charge >= 0.3 is 0 Å². The lowest BCUT2D eigenvalue weighted by Crippen LogP contribution is -2.44. The molecule has 2 amide bonds. The van der Waals surface area contributed by atoms with E-state index < -0.39 is 24.0 Å². The Hall–Kier alpha value is -3.14. The number of carbonyl (C=O) groups excluding carboxylic acids is 2. The minimum Gasteiger partial charge on any atom is -0.394 e. The maximum Gasteiger partial charge on any atom is 0.237 e. The quantitative estimate of drug-likeness (QED) is 0.339. The van der Waals surface area contributed by atoms with Crippen molar-refractivity contribution in [3.05, 3.63) is 59.0 Å². The van der Waals surface area contributed by atoms with E-state index in [0.717, 1.165) is 22.6 Å². The zero-order valence-corrected chi connectivity index (χ0v) is 25.4. The number of amides is 2. The lowest BCUT2D eigenvalue weighted by molar-refractivity contribution is -0.180. The van der Waals surface area contributed by atoms with Gasteiger partial charge in [0, 0.05) is 18.5 Å². The van der Waals surface area contributed by atoms with E-state index in [0.29, 0.717) is 11.1 Å². The van der Waals surface area contributed by atoms with Crippen LogP contribution in [0.1, 0.15) is 72.8 Å². The molecule has 2 aromatic rings. The summed E-state index contributed by atoms with van der Waals surface area (Å²) >= 11 is 0. The van der Waals surface area contributed by atoms with Gasteiger partial charge in [0.2, 0.25) is 11.8 Å². The molecule has 1 heterocycles. The molecule has 226 valence electrons. The molecule has 2 aliphatic rings. The second-order valence-electron chi connectivity index (χ2n) is 11.6. The predicted molar refractivity (Wildman–Crippen MR) is 164 cm³/mol. The predicted octanol–water partition coefficient (Wildman–Crippen LogP) is 5.91. The fraction of sp³-hybridized carbons (Fsp3) is 0.562. The van der Waals surface area contributed by atoms with Crippen molar-refractivity contribution in [3.8, 4) is 11.1 Å². The van der Waals surface area contributed by atoms with E-state index in [1.807, 2.05) is 56.3 Å². The molecular weight excluding hydrogens is 520 g/mol. The number of nitroso groups, excluding NO2 is 1. The van der Waals surface area contributed by atoms with E-state index in [9.17, 15) is 19.6 Å². The molecule has 2 aromatic carbocycles. The van der Waals surface area contributed by atoms with Gasteiger partial charge in [0.15, 0.2) is 0 Å². The highest BCUT2D eigenvalue weighted by Crippen LogP contribution is 2.38. The monoisotopic (exact) mass is 568 g/mol. The molecule has 1 aliphatic heterocycles. The number of aliphatic hydroxyl groups excluding tert-OH is 1. The van der Waals surface area contributed by atoms with Crippen LogP contribution in [0, 0.1) is 22.2 Å². The van der Waals surface area contributed by atoms with Crippen molar-refractivity contribution in [3.63, 3.8) is 0 Å². The Balaban J connectivity index is 0.000000450. The smallest absolute Gasteiger partial charge is 0.237 e. The Kier molecular flexibility index (Phi) is 13.6. The Morgan fingerprint density at radius 2 is 1.80 bits per heavy atom. The highest BCUT2D eigenvalue weighted by atomic mass is 16.7. The Morgan fingerprint density at radius 3 is 2.34 bits per heavy atom. The second-order valence-corrected chi connectivity index (χ2v) is 11.6. The summed E-state index contributed by atoms with van der Waals surface area (Å²) in [5.41, 5.74) is 9.55. The number of primary amides is 1. The lowest BCUT2D eigenvalue weighted by atomic mass is 9.73. The Bertz CT molecular complexity index is 1140. The molecule has 4 unspecified atom stereocenters. The molecule has 2 fully saturated rings. The van der Waals surface area contributed by atoms with Crippen LogP contribution < -0.4 is 11.1 Å². The van der Waals surface area contributed by atoms with E-state index in [4.69, 9.17) is 10.6 Å². The SMILES string of the molecule is CC.CC(=O)Nc1cccc(-c2cccc(CN3OC(CO)C(CN=O)C3C(N)=O)c2)c1.CC1CCCC(C)(C)C1. The van der Waals surface area contributed by atoms with Crippen molar-refractivity contribution in [2.75, 3.05) is 18.5 Å². The summed E-state index contributed by atoms with van der Waals surface area (Å²) in [5.74, 6) is -0.419. The summed E-state index contributed by atoms with van der Waals surface area (Å²) < 4.78 is 0. The second kappa shape index (κ2) is 16.3. The van der Waals surface area contributed by atoms with Gasteiger partial charge in [-0.2, -0.15) is 9.97 Å². The fourth-order valence-electron chi connectivity index (χ4n) is 5.78. The standard InChI is InChI=1S/C21H24N4O5.C9H18.C2H6/c1-13(27)24-17-7-3-6-16(9-17)15-5-2-4-14(8-15)11-25-20(21(22)28)18(10-23-29)19(12-26)30-25;1-8-5-4-6-9(2,3)7-8;1-2/h2-9,18-20,26H,10-12H2,1H3,(H2,22,28)(H,24,27);8H,4-7H2,1-3H3;1-2H3. The molecule has 0 aromatic heterocycles. The largest absolute Gasteiger partial charge is 0.394 e. The van der Waals surface area contributed by atoms with Crippen LogP contribution in [0.5, 0.6) is 0 Å². The molecule has 9 heteroatoms. The van der Waals surface area contributed by atoms with Crippen LogP contribution in [0.3, 0.4) is 0 Å².